The van der Waals surface area contributed by atoms with E-state index >= 15 is 0 Å². The van der Waals surface area contributed by atoms with Crippen LogP contribution >= 0.6 is 0 Å². The highest BCUT2D eigenvalue weighted by Crippen LogP contribution is 2.46. The molecule has 0 heterocycles. The smallest absolute Gasteiger partial charge is 0.0150 e. The summed E-state index contributed by atoms with van der Waals surface area (Å²) in [6.45, 7) is 0. The molecule has 0 nitrogen and oxygen atoms in total. The lowest BCUT2D eigenvalue weighted by atomic mass is 9.67. The Balaban J connectivity index is 1.63. The average Bonchev–Trinajstić information content (AvgIpc) is 2.30. The van der Waals surface area contributed by atoms with Crippen molar-refractivity contribution in [3.63, 3.8) is 0 Å². The number of hydrogen-bond acceptors (Lipinski definition) is 0. The molecule has 82 valence electrons. The van der Waals surface area contributed by atoms with E-state index in [1.54, 1.807) is 5.57 Å². The standard InChI is InChI=1S/C16H18/c1-3-7-13(8-4-1)15-11-16(12-15)14-9-5-2-6-10-14/h1,3-5,7-10,15-16H,2,6,11-12H2. The van der Waals surface area contributed by atoms with E-state index in [2.05, 4.69) is 48.6 Å². The van der Waals surface area contributed by atoms with Crippen LogP contribution in [0.4, 0.5) is 0 Å². The van der Waals surface area contributed by atoms with Crippen LogP contribution in [0.5, 0.6) is 0 Å². The molecule has 0 atom stereocenters. The van der Waals surface area contributed by atoms with Crippen LogP contribution in [0.25, 0.3) is 0 Å². The highest BCUT2D eigenvalue weighted by molar-refractivity contribution is 5.31. The van der Waals surface area contributed by atoms with Crippen molar-refractivity contribution in [1.82, 2.24) is 0 Å². The minimum absolute atomic E-state index is 0.808. The third-order valence-corrected chi connectivity index (χ3v) is 3.90. The first-order valence-electron chi connectivity index (χ1n) is 6.35. The summed E-state index contributed by atoms with van der Waals surface area (Å²) in [5.74, 6) is 1.64. The molecule has 0 amide bonds. The molecule has 0 radical (unpaired) electrons. The van der Waals surface area contributed by atoms with Crippen molar-refractivity contribution in [3.8, 4) is 0 Å². The largest absolute Gasteiger partial charge is 0.0840 e. The maximum Gasteiger partial charge on any atom is -0.0150 e. The summed E-state index contributed by atoms with van der Waals surface area (Å²) in [6.07, 6.45) is 12.3. The molecule has 3 rings (SSSR count). The topological polar surface area (TPSA) is 0 Å². The van der Waals surface area contributed by atoms with Crippen molar-refractivity contribution in [2.75, 3.05) is 0 Å². The molecule has 0 unspecified atom stereocenters. The molecule has 1 aromatic carbocycles. The molecule has 0 heteroatoms. The SMILES string of the molecule is C1=CC(C2CC(c3ccccc3)C2)=CCC1. The maximum absolute atomic E-state index is 2.44. The molecule has 1 fully saturated rings. The first-order chi connectivity index (χ1) is 7.93. The summed E-state index contributed by atoms with van der Waals surface area (Å²) in [4.78, 5) is 0. The summed E-state index contributed by atoms with van der Waals surface area (Å²) in [5, 5.41) is 0. The fraction of sp³-hybridized carbons (Fsp3) is 0.375. The predicted octanol–water partition coefficient (Wildman–Crippen LogP) is 4.46. The van der Waals surface area contributed by atoms with Crippen LogP contribution in [0.2, 0.25) is 0 Å². The second-order valence-corrected chi connectivity index (χ2v) is 4.96. The van der Waals surface area contributed by atoms with Gasteiger partial charge in [0.05, 0.1) is 0 Å². The van der Waals surface area contributed by atoms with Crippen LogP contribution in [0.1, 0.15) is 37.2 Å². The second-order valence-electron chi connectivity index (χ2n) is 4.96. The van der Waals surface area contributed by atoms with Crippen molar-refractivity contribution < 1.29 is 0 Å². The van der Waals surface area contributed by atoms with Crippen LogP contribution in [0, 0.1) is 5.92 Å². The number of rotatable bonds is 2. The normalized spacial score (nSPS) is 28.4. The van der Waals surface area contributed by atoms with E-state index in [9.17, 15) is 0 Å². The number of allylic oxidation sites excluding steroid dienone is 4. The molecular weight excluding hydrogens is 192 g/mol. The molecule has 2 aliphatic carbocycles. The van der Waals surface area contributed by atoms with Gasteiger partial charge in [0, 0.05) is 0 Å². The van der Waals surface area contributed by atoms with Crippen molar-refractivity contribution in [1.29, 1.82) is 0 Å². The lowest BCUT2D eigenvalue weighted by Crippen LogP contribution is -2.23. The van der Waals surface area contributed by atoms with Gasteiger partial charge in [0.15, 0.2) is 0 Å². The monoisotopic (exact) mass is 210 g/mol. The van der Waals surface area contributed by atoms with E-state index in [-0.39, 0.29) is 0 Å². The van der Waals surface area contributed by atoms with Gasteiger partial charge in [0.1, 0.15) is 0 Å². The first-order valence-corrected chi connectivity index (χ1v) is 6.35. The number of hydrogen-bond donors (Lipinski definition) is 0. The Morgan fingerprint density at radius 3 is 2.38 bits per heavy atom. The van der Waals surface area contributed by atoms with Crippen molar-refractivity contribution in [3.05, 3.63) is 59.7 Å². The third kappa shape index (κ3) is 1.84. The fourth-order valence-corrected chi connectivity index (χ4v) is 2.82. The van der Waals surface area contributed by atoms with E-state index < -0.39 is 0 Å². The highest BCUT2D eigenvalue weighted by atomic mass is 14.4. The van der Waals surface area contributed by atoms with Crippen LogP contribution in [0.15, 0.2) is 54.1 Å². The molecule has 16 heavy (non-hydrogen) atoms. The molecule has 0 N–H and O–H groups in total. The summed E-state index contributed by atoms with van der Waals surface area (Å²) < 4.78 is 0. The van der Waals surface area contributed by atoms with E-state index in [1.807, 2.05) is 0 Å². The van der Waals surface area contributed by atoms with Crippen LogP contribution in [0.3, 0.4) is 0 Å². The van der Waals surface area contributed by atoms with Gasteiger partial charge in [0.2, 0.25) is 0 Å². The number of benzene rings is 1. The van der Waals surface area contributed by atoms with Crippen molar-refractivity contribution in [2.24, 2.45) is 5.92 Å². The predicted molar refractivity (Wildman–Crippen MR) is 68.4 cm³/mol. The lowest BCUT2D eigenvalue weighted by molar-refractivity contribution is 0.311. The third-order valence-electron chi connectivity index (χ3n) is 3.90. The van der Waals surface area contributed by atoms with Gasteiger partial charge in [-0.15, -0.1) is 0 Å². The first kappa shape index (κ1) is 9.89. The highest BCUT2D eigenvalue weighted by Gasteiger charge is 2.31. The Labute approximate surface area is 97.7 Å². The van der Waals surface area contributed by atoms with Gasteiger partial charge in [-0.3, -0.25) is 0 Å². The van der Waals surface area contributed by atoms with Gasteiger partial charge in [-0.2, -0.15) is 0 Å². The molecule has 2 aliphatic rings. The van der Waals surface area contributed by atoms with Crippen molar-refractivity contribution in [2.45, 2.75) is 31.6 Å². The molecular formula is C16H18. The Morgan fingerprint density at radius 1 is 0.875 bits per heavy atom. The van der Waals surface area contributed by atoms with Gasteiger partial charge in [-0.1, -0.05) is 48.6 Å². The summed E-state index contributed by atoms with van der Waals surface area (Å²) in [5.41, 5.74) is 3.12. The summed E-state index contributed by atoms with van der Waals surface area (Å²) in [6, 6.07) is 11.0. The molecule has 0 spiro atoms. The molecule has 1 aromatic rings. The van der Waals surface area contributed by atoms with Gasteiger partial charge in [-0.05, 0) is 48.7 Å². The summed E-state index contributed by atoms with van der Waals surface area (Å²) >= 11 is 0. The molecule has 0 aliphatic heterocycles. The van der Waals surface area contributed by atoms with Gasteiger partial charge < -0.3 is 0 Å². The zero-order valence-corrected chi connectivity index (χ0v) is 9.60. The minimum atomic E-state index is 0.808. The van der Waals surface area contributed by atoms with E-state index in [1.165, 1.54) is 31.2 Å². The van der Waals surface area contributed by atoms with Gasteiger partial charge in [-0.25, -0.2) is 0 Å². The molecule has 1 saturated carbocycles. The van der Waals surface area contributed by atoms with Gasteiger partial charge >= 0.3 is 0 Å². The Bertz CT molecular complexity index is 405. The molecule has 0 saturated heterocycles. The van der Waals surface area contributed by atoms with Gasteiger partial charge in [0.25, 0.3) is 0 Å². The quantitative estimate of drug-likeness (QED) is 0.676. The fourth-order valence-electron chi connectivity index (χ4n) is 2.82. The lowest BCUT2D eigenvalue weighted by Gasteiger charge is -2.37. The van der Waals surface area contributed by atoms with E-state index in [4.69, 9.17) is 0 Å². The maximum atomic E-state index is 2.44. The summed E-state index contributed by atoms with van der Waals surface area (Å²) in [7, 11) is 0. The second kappa shape index (κ2) is 4.29. The zero-order chi connectivity index (χ0) is 10.8. The van der Waals surface area contributed by atoms with E-state index in [0.717, 1.165) is 11.8 Å². The van der Waals surface area contributed by atoms with Crippen LogP contribution < -0.4 is 0 Å². The molecule has 0 bridgehead atoms. The Hall–Kier alpha value is -1.30. The Morgan fingerprint density at radius 2 is 1.69 bits per heavy atom. The Kier molecular flexibility index (Phi) is 2.65. The van der Waals surface area contributed by atoms with Crippen LogP contribution in [-0.4, -0.2) is 0 Å². The van der Waals surface area contributed by atoms with Crippen LogP contribution in [-0.2, 0) is 0 Å². The average molecular weight is 210 g/mol. The zero-order valence-electron chi connectivity index (χ0n) is 9.60. The van der Waals surface area contributed by atoms with Crippen molar-refractivity contribution >= 4 is 0 Å². The molecule has 0 aromatic heterocycles. The minimum Gasteiger partial charge on any atom is -0.0840 e. The van der Waals surface area contributed by atoms with E-state index in [0.29, 0.717) is 0 Å².